The molecule has 1 atom stereocenters. The van der Waals surface area contributed by atoms with E-state index in [1.165, 1.54) is 29.6 Å². The van der Waals surface area contributed by atoms with Gasteiger partial charge in [-0.25, -0.2) is 17.7 Å². The fraction of sp³-hybridized carbons (Fsp3) is 0.333. The van der Waals surface area contributed by atoms with Crippen LogP contribution in [0.5, 0.6) is 5.75 Å². The van der Waals surface area contributed by atoms with E-state index in [9.17, 15) is 22.4 Å². The number of ether oxygens (including phenoxy) is 1. The molecule has 2 aliphatic heterocycles. The van der Waals surface area contributed by atoms with E-state index in [0.717, 1.165) is 11.0 Å². The highest BCUT2D eigenvalue weighted by molar-refractivity contribution is 7.89. The van der Waals surface area contributed by atoms with Gasteiger partial charge in [0.15, 0.2) is 0 Å². The first-order chi connectivity index (χ1) is 14.8. The minimum atomic E-state index is -3.97. The van der Waals surface area contributed by atoms with Crippen molar-refractivity contribution in [3.63, 3.8) is 0 Å². The third kappa shape index (κ3) is 3.82. The summed E-state index contributed by atoms with van der Waals surface area (Å²) in [5.41, 5.74) is 0.392. The van der Waals surface area contributed by atoms with Gasteiger partial charge < -0.3 is 4.74 Å². The first kappa shape index (κ1) is 21.4. The maximum atomic E-state index is 14.0. The minimum absolute atomic E-state index is 0.0109. The lowest BCUT2D eigenvalue weighted by Crippen LogP contribution is -2.53. The summed E-state index contributed by atoms with van der Waals surface area (Å²) in [6, 6.07) is 11.4. The van der Waals surface area contributed by atoms with Crippen LogP contribution in [0.25, 0.3) is 0 Å². The van der Waals surface area contributed by atoms with Crippen molar-refractivity contribution in [1.29, 1.82) is 0 Å². The standard InChI is InChI=1S/C21H22FN3O5S/c1-30-18-8-4-3-7-16(18)25-20(26)14-17(21(25)27)23-10-12-24(13-11-23)31(28,29)19-9-5-2-6-15(19)22/h2-9,17H,10-14H2,1H3/t17-/m0/s1. The Morgan fingerprint density at radius 1 is 0.968 bits per heavy atom. The van der Waals surface area contributed by atoms with Crippen LogP contribution in [0.3, 0.4) is 0 Å². The van der Waals surface area contributed by atoms with E-state index in [4.69, 9.17) is 4.74 Å². The van der Waals surface area contributed by atoms with Crippen LogP contribution in [-0.2, 0) is 19.6 Å². The van der Waals surface area contributed by atoms with Crippen molar-refractivity contribution in [3.8, 4) is 5.75 Å². The molecule has 2 heterocycles. The number of rotatable bonds is 5. The first-order valence-electron chi connectivity index (χ1n) is 9.83. The molecule has 2 aromatic carbocycles. The van der Waals surface area contributed by atoms with Crippen molar-refractivity contribution in [1.82, 2.24) is 9.21 Å². The van der Waals surface area contributed by atoms with Gasteiger partial charge in [-0.1, -0.05) is 24.3 Å². The number of anilines is 1. The highest BCUT2D eigenvalue weighted by atomic mass is 32.2. The third-order valence-corrected chi connectivity index (χ3v) is 7.55. The number of piperazine rings is 1. The Kier molecular flexibility index (Phi) is 5.78. The van der Waals surface area contributed by atoms with Crippen LogP contribution >= 0.6 is 0 Å². The maximum absolute atomic E-state index is 14.0. The molecule has 10 heteroatoms. The molecule has 0 unspecified atom stereocenters. The average molecular weight is 447 g/mol. The summed E-state index contributed by atoms with van der Waals surface area (Å²) in [5, 5.41) is 0. The Balaban J connectivity index is 1.48. The Labute approximate surface area is 179 Å². The summed E-state index contributed by atoms with van der Waals surface area (Å²) in [6.45, 7) is 0.723. The van der Waals surface area contributed by atoms with Crippen LogP contribution < -0.4 is 9.64 Å². The van der Waals surface area contributed by atoms with Crippen molar-refractivity contribution in [2.75, 3.05) is 38.2 Å². The van der Waals surface area contributed by atoms with Crippen molar-refractivity contribution in [2.45, 2.75) is 17.4 Å². The zero-order chi connectivity index (χ0) is 22.2. The van der Waals surface area contributed by atoms with E-state index in [1.54, 1.807) is 24.3 Å². The Morgan fingerprint density at radius 3 is 2.29 bits per heavy atom. The second-order valence-electron chi connectivity index (χ2n) is 7.33. The summed E-state index contributed by atoms with van der Waals surface area (Å²) in [7, 11) is -2.51. The molecule has 164 valence electrons. The van der Waals surface area contributed by atoms with E-state index < -0.39 is 21.9 Å². The predicted molar refractivity (Wildman–Crippen MR) is 111 cm³/mol. The van der Waals surface area contributed by atoms with Gasteiger partial charge in [-0.2, -0.15) is 4.31 Å². The predicted octanol–water partition coefficient (Wildman–Crippen LogP) is 1.47. The topological polar surface area (TPSA) is 87.2 Å². The summed E-state index contributed by atoms with van der Waals surface area (Å²) in [4.78, 5) is 28.3. The molecule has 0 bridgehead atoms. The van der Waals surface area contributed by atoms with Gasteiger partial charge in [0, 0.05) is 26.2 Å². The number of hydrogen-bond acceptors (Lipinski definition) is 6. The van der Waals surface area contributed by atoms with Crippen molar-refractivity contribution in [3.05, 3.63) is 54.3 Å². The summed E-state index contributed by atoms with van der Waals surface area (Å²) in [6.07, 6.45) is 0.0109. The molecule has 2 aromatic rings. The SMILES string of the molecule is COc1ccccc1N1C(=O)C[C@H](N2CCN(S(=O)(=O)c3ccccc3F)CC2)C1=O. The van der Waals surface area contributed by atoms with Gasteiger partial charge in [0.2, 0.25) is 15.9 Å². The van der Waals surface area contributed by atoms with Crippen molar-refractivity contribution >= 4 is 27.5 Å². The highest BCUT2D eigenvalue weighted by Gasteiger charge is 2.45. The van der Waals surface area contributed by atoms with Crippen LogP contribution in [0.2, 0.25) is 0 Å². The smallest absolute Gasteiger partial charge is 0.251 e. The summed E-state index contributed by atoms with van der Waals surface area (Å²) >= 11 is 0. The number of sulfonamides is 1. The van der Waals surface area contributed by atoms with E-state index in [-0.39, 0.29) is 49.3 Å². The molecule has 8 nitrogen and oxygen atoms in total. The number of methoxy groups -OCH3 is 1. The van der Waals surface area contributed by atoms with E-state index in [1.807, 2.05) is 4.90 Å². The normalized spacial score (nSPS) is 21.0. The molecule has 0 N–H and O–H groups in total. The number of halogens is 1. The van der Waals surface area contributed by atoms with E-state index in [0.29, 0.717) is 11.4 Å². The van der Waals surface area contributed by atoms with Gasteiger partial charge in [0.05, 0.1) is 25.3 Å². The first-order valence-corrected chi connectivity index (χ1v) is 11.3. The summed E-state index contributed by atoms with van der Waals surface area (Å²) in [5.74, 6) is -1.07. The molecule has 31 heavy (non-hydrogen) atoms. The average Bonchev–Trinajstić information content (AvgIpc) is 3.07. The molecule has 2 aliphatic rings. The highest BCUT2D eigenvalue weighted by Crippen LogP contribution is 2.33. The Bertz CT molecular complexity index is 1120. The van der Waals surface area contributed by atoms with E-state index >= 15 is 0 Å². The fourth-order valence-electron chi connectivity index (χ4n) is 4.02. The van der Waals surface area contributed by atoms with Crippen molar-refractivity contribution < 1.29 is 27.1 Å². The maximum Gasteiger partial charge on any atom is 0.251 e. The molecule has 2 amide bonds. The van der Waals surface area contributed by atoms with Crippen LogP contribution in [0.4, 0.5) is 10.1 Å². The monoisotopic (exact) mass is 447 g/mol. The number of para-hydroxylation sites is 2. The van der Waals surface area contributed by atoms with Crippen LogP contribution in [-0.4, -0.2) is 68.8 Å². The molecule has 0 spiro atoms. The van der Waals surface area contributed by atoms with E-state index in [2.05, 4.69) is 0 Å². The second kappa shape index (κ2) is 8.37. The molecule has 0 aliphatic carbocycles. The lowest BCUT2D eigenvalue weighted by Gasteiger charge is -2.36. The number of carbonyl (C=O) groups excluding carboxylic acids is 2. The zero-order valence-corrected chi connectivity index (χ0v) is 17.7. The van der Waals surface area contributed by atoms with Gasteiger partial charge in [-0.3, -0.25) is 14.5 Å². The van der Waals surface area contributed by atoms with Crippen LogP contribution in [0, 0.1) is 5.82 Å². The fourth-order valence-corrected chi connectivity index (χ4v) is 5.50. The molecule has 2 fully saturated rings. The molecule has 0 radical (unpaired) electrons. The van der Waals surface area contributed by atoms with Crippen LogP contribution in [0.1, 0.15) is 6.42 Å². The third-order valence-electron chi connectivity index (χ3n) is 5.62. The number of imide groups is 1. The minimum Gasteiger partial charge on any atom is -0.495 e. The molecule has 2 saturated heterocycles. The molecule has 0 aromatic heterocycles. The zero-order valence-electron chi connectivity index (χ0n) is 16.9. The lowest BCUT2D eigenvalue weighted by molar-refractivity contribution is -0.123. The number of benzene rings is 2. The number of nitrogens with zero attached hydrogens (tertiary/aromatic N) is 3. The van der Waals surface area contributed by atoms with Gasteiger partial charge >= 0.3 is 0 Å². The number of amides is 2. The Hall–Kier alpha value is -2.82. The molecule has 4 rings (SSSR count). The van der Waals surface area contributed by atoms with Gasteiger partial charge in [-0.15, -0.1) is 0 Å². The van der Waals surface area contributed by atoms with Gasteiger partial charge in [0.25, 0.3) is 5.91 Å². The molecule has 0 saturated carbocycles. The van der Waals surface area contributed by atoms with Gasteiger partial charge in [0.1, 0.15) is 16.5 Å². The molecular formula is C21H22FN3O5S. The quantitative estimate of drug-likeness (QED) is 0.646. The number of hydrogen-bond donors (Lipinski definition) is 0. The number of carbonyl (C=O) groups is 2. The summed E-state index contributed by atoms with van der Waals surface area (Å²) < 4.78 is 46.1. The second-order valence-corrected chi connectivity index (χ2v) is 9.24. The largest absolute Gasteiger partial charge is 0.495 e. The van der Waals surface area contributed by atoms with Gasteiger partial charge in [-0.05, 0) is 24.3 Å². The van der Waals surface area contributed by atoms with Crippen LogP contribution in [0.15, 0.2) is 53.4 Å². The lowest BCUT2D eigenvalue weighted by atomic mass is 10.2. The van der Waals surface area contributed by atoms with Crippen molar-refractivity contribution in [2.24, 2.45) is 0 Å². The molecular weight excluding hydrogens is 425 g/mol. The Morgan fingerprint density at radius 2 is 1.61 bits per heavy atom.